The van der Waals surface area contributed by atoms with E-state index in [2.05, 4.69) is 4.90 Å². The first-order valence-corrected chi connectivity index (χ1v) is 5.67. The van der Waals surface area contributed by atoms with Gasteiger partial charge in [-0.15, -0.1) is 0 Å². The van der Waals surface area contributed by atoms with Crippen LogP contribution in [0.15, 0.2) is 18.2 Å². The highest BCUT2D eigenvalue weighted by Gasteiger charge is 2.07. The second-order valence-corrected chi connectivity index (χ2v) is 4.54. The van der Waals surface area contributed by atoms with E-state index in [-0.39, 0.29) is 6.04 Å². The molecule has 1 rings (SSSR count). The van der Waals surface area contributed by atoms with E-state index in [1.165, 1.54) is 0 Å². The molecule has 0 aliphatic heterocycles. The summed E-state index contributed by atoms with van der Waals surface area (Å²) in [6.45, 7) is 3.64. The van der Waals surface area contributed by atoms with Crippen molar-refractivity contribution in [2.75, 3.05) is 20.7 Å². The highest BCUT2D eigenvalue weighted by Crippen LogP contribution is 2.23. The number of nitrogens with two attached hydrogens (primary N) is 1. The van der Waals surface area contributed by atoms with E-state index in [9.17, 15) is 0 Å². The molecule has 0 aliphatic rings. The average Bonchev–Trinajstić information content (AvgIpc) is 2.19. The molecule has 2 N–H and O–H groups in total. The summed E-state index contributed by atoms with van der Waals surface area (Å²) < 4.78 is 5.10. The SMILES string of the molecule is COc1ccc(CN(C)CC(C)N)c(Cl)c1. The van der Waals surface area contributed by atoms with E-state index in [1.54, 1.807) is 7.11 Å². The highest BCUT2D eigenvalue weighted by atomic mass is 35.5. The summed E-state index contributed by atoms with van der Waals surface area (Å²) in [6.07, 6.45) is 0. The number of hydrogen-bond acceptors (Lipinski definition) is 3. The lowest BCUT2D eigenvalue weighted by Crippen LogP contribution is -2.32. The normalized spacial score (nSPS) is 12.9. The van der Waals surface area contributed by atoms with E-state index in [0.717, 1.165) is 29.4 Å². The summed E-state index contributed by atoms with van der Waals surface area (Å²) in [5.41, 5.74) is 6.82. The van der Waals surface area contributed by atoms with Crippen LogP contribution in [0.2, 0.25) is 5.02 Å². The number of nitrogens with zero attached hydrogens (tertiary/aromatic N) is 1. The third kappa shape index (κ3) is 4.00. The molecule has 0 saturated heterocycles. The van der Waals surface area contributed by atoms with Gasteiger partial charge in [0.15, 0.2) is 0 Å². The van der Waals surface area contributed by atoms with Crippen molar-refractivity contribution in [2.45, 2.75) is 19.5 Å². The molecule has 0 aliphatic carbocycles. The molecule has 3 nitrogen and oxygen atoms in total. The lowest BCUT2D eigenvalue weighted by molar-refractivity contribution is 0.310. The average molecular weight is 243 g/mol. The summed E-state index contributed by atoms with van der Waals surface area (Å²) in [5, 5.41) is 0.732. The van der Waals surface area contributed by atoms with E-state index >= 15 is 0 Å². The summed E-state index contributed by atoms with van der Waals surface area (Å²) in [6, 6.07) is 5.90. The van der Waals surface area contributed by atoms with Crippen molar-refractivity contribution in [2.24, 2.45) is 5.73 Å². The fourth-order valence-corrected chi connectivity index (χ4v) is 1.86. The predicted octanol–water partition coefficient (Wildman–Crippen LogP) is 2.13. The second-order valence-electron chi connectivity index (χ2n) is 4.13. The van der Waals surface area contributed by atoms with Crippen LogP contribution >= 0.6 is 11.6 Å². The third-order valence-corrected chi connectivity index (χ3v) is 2.65. The van der Waals surface area contributed by atoms with Crippen LogP contribution in [0.1, 0.15) is 12.5 Å². The summed E-state index contributed by atoms with van der Waals surface area (Å²) in [4.78, 5) is 2.15. The summed E-state index contributed by atoms with van der Waals surface area (Å²) in [7, 11) is 3.66. The minimum atomic E-state index is 0.169. The standard InChI is InChI=1S/C12H19ClN2O/c1-9(14)7-15(2)8-10-4-5-11(16-3)6-12(10)13/h4-6,9H,7-8,14H2,1-3H3. The number of halogens is 1. The Kier molecular flexibility index (Phi) is 5.06. The first-order valence-electron chi connectivity index (χ1n) is 5.29. The smallest absolute Gasteiger partial charge is 0.120 e. The highest BCUT2D eigenvalue weighted by molar-refractivity contribution is 6.31. The fourth-order valence-electron chi connectivity index (χ4n) is 1.63. The predicted molar refractivity (Wildman–Crippen MR) is 68.0 cm³/mol. The molecule has 4 heteroatoms. The Balaban J connectivity index is 2.66. The Morgan fingerprint density at radius 2 is 2.19 bits per heavy atom. The van der Waals surface area contributed by atoms with Crippen molar-refractivity contribution >= 4 is 11.6 Å². The largest absolute Gasteiger partial charge is 0.497 e. The van der Waals surface area contributed by atoms with Gasteiger partial charge in [-0.1, -0.05) is 17.7 Å². The summed E-state index contributed by atoms with van der Waals surface area (Å²) in [5.74, 6) is 0.781. The molecule has 1 atom stereocenters. The zero-order chi connectivity index (χ0) is 12.1. The molecule has 1 unspecified atom stereocenters. The van der Waals surface area contributed by atoms with Crippen molar-refractivity contribution in [1.29, 1.82) is 0 Å². The maximum absolute atomic E-state index is 6.15. The molecular weight excluding hydrogens is 224 g/mol. The molecule has 0 amide bonds. The third-order valence-electron chi connectivity index (χ3n) is 2.30. The van der Waals surface area contributed by atoms with Gasteiger partial charge in [0, 0.05) is 24.2 Å². The maximum Gasteiger partial charge on any atom is 0.120 e. The Labute approximate surface area is 102 Å². The van der Waals surface area contributed by atoms with Gasteiger partial charge in [0.25, 0.3) is 0 Å². The minimum Gasteiger partial charge on any atom is -0.497 e. The van der Waals surface area contributed by atoms with E-state index in [0.29, 0.717) is 0 Å². The number of hydrogen-bond donors (Lipinski definition) is 1. The Morgan fingerprint density at radius 3 is 2.69 bits per heavy atom. The number of ether oxygens (including phenoxy) is 1. The quantitative estimate of drug-likeness (QED) is 0.860. The van der Waals surface area contributed by atoms with Crippen molar-refractivity contribution in [3.63, 3.8) is 0 Å². The lowest BCUT2D eigenvalue weighted by Gasteiger charge is -2.19. The van der Waals surface area contributed by atoms with E-state index in [4.69, 9.17) is 22.1 Å². The van der Waals surface area contributed by atoms with Gasteiger partial charge in [0.2, 0.25) is 0 Å². The van der Waals surface area contributed by atoms with Crippen LogP contribution < -0.4 is 10.5 Å². The van der Waals surface area contributed by atoms with Gasteiger partial charge >= 0.3 is 0 Å². The van der Waals surface area contributed by atoms with Crippen LogP contribution in [0, 0.1) is 0 Å². The topological polar surface area (TPSA) is 38.5 Å². The van der Waals surface area contributed by atoms with Crippen LogP contribution in [-0.4, -0.2) is 31.6 Å². The fraction of sp³-hybridized carbons (Fsp3) is 0.500. The molecule has 0 radical (unpaired) electrons. The monoisotopic (exact) mass is 242 g/mol. The van der Waals surface area contributed by atoms with Crippen molar-refractivity contribution < 1.29 is 4.74 Å². The van der Waals surface area contributed by atoms with Crippen LogP contribution in [0.5, 0.6) is 5.75 Å². The maximum atomic E-state index is 6.15. The molecule has 1 aromatic rings. The van der Waals surface area contributed by atoms with Gasteiger partial charge < -0.3 is 15.4 Å². The van der Waals surface area contributed by atoms with Gasteiger partial charge in [-0.05, 0) is 31.7 Å². The van der Waals surface area contributed by atoms with Crippen LogP contribution in [0.25, 0.3) is 0 Å². The molecule has 1 aromatic carbocycles. The second kappa shape index (κ2) is 6.09. The summed E-state index contributed by atoms with van der Waals surface area (Å²) >= 11 is 6.15. The van der Waals surface area contributed by atoms with Crippen LogP contribution in [0.3, 0.4) is 0 Å². The Bertz CT molecular complexity index is 342. The van der Waals surface area contributed by atoms with Crippen LogP contribution in [0.4, 0.5) is 0 Å². The van der Waals surface area contributed by atoms with Gasteiger partial charge in [0.1, 0.15) is 5.75 Å². The van der Waals surface area contributed by atoms with Crippen LogP contribution in [-0.2, 0) is 6.54 Å². The lowest BCUT2D eigenvalue weighted by atomic mass is 10.2. The molecule has 0 spiro atoms. The minimum absolute atomic E-state index is 0.169. The van der Waals surface area contributed by atoms with Crippen molar-refractivity contribution in [1.82, 2.24) is 4.90 Å². The van der Waals surface area contributed by atoms with E-state index in [1.807, 2.05) is 32.2 Å². The molecule has 0 aromatic heterocycles. The Hall–Kier alpha value is -0.770. The number of rotatable bonds is 5. The zero-order valence-corrected chi connectivity index (χ0v) is 10.8. The van der Waals surface area contributed by atoms with Crippen molar-refractivity contribution in [3.8, 4) is 5.75 Å². The molecule has 0 fully saturated rings. The van der Waals surface area contributed by atoms with Crippen molar-refractivity contribution in [3.05, 3.63) is 28.8 Å². The zero-order valence-electron chi connectivity index (χ0n) is 10.0. The molecular formula is C12H19ClN2O. The molecule has 90 valence electrons. The molecule has 0 heterocycles. The first-order chi connectivity index (χ1) is 7.52. The van der Waals surface area contributed by atoms with Gasteiger partial charge in [0.05, 0.1) is 7.11 Å². The van der Waals surface area contributed by atoms with E-state index < -0.39 is 0 Å². The first kappa shape index (κ1) is 13.3. The number of likely N-dealkylation sites (N-methyl/N-ethyl adjacent to an activating group) is 1. The molecule has 0 bridgehead atoms. The Morgan fingerprint density at radius 1 is 1.50 bits per heavy atom. The van der Waals surface area contributed by atoms with Gasteiger partial charge in [-0.25, -0.2) is 0 Å². The van der Waals surface area contributed by atoms with Gasteiger partial charge in [-0.3, -0.25) is 0 Å². The number of methoxy groups -OCH3 is 1. The van der Waals surface area contributed by atoms with Gasteiger partial charge in [-0.2, -0.15) is 0 Å². The number of benzene rings is 1. The molecule has 0 saturated carbocycles. The molecule has 16 heavy (non-hydrogen) atoms.